The van der Waals surface area contributed by atoms with E-state index in [2.05, 4.69) is 13.2 Å². The van der Waals surface area contributed by atoms with Crippen molar-refractivity contribution in [1.29, 1.82) is 0 Å². The largest absolute Gasteiger partial charge is 0.489 e. The number of hydrogen-bond donors (Lipinski definition) is 2. The van der Waals surface area contributed by atoms with Gasteiger partial charge in [0.25, 0.3) is 0 Å². The molecule has 0 saturated heterocycles. The molecule has 0 saturated carbocycles. The molecule has 0 radical (unpaired) electrons. The summed E-state index contributed by atoms with van der Waals surface area (Å²) in [6.45, 7) is 7.74. The Morgan fingerprint density at radius 3 is 1.41 bits per heavy atom. The smallest absolute Gasteiger partial charge is 0.334 e. The summed E-state index contributed by atoms with van der Waals surface area (Å²) >= 11 is 3.19. The number of carboxylic acids is 2. The predicted molar refractivity (Wildman–Crippen MR) is 176 cm³/mol. The van der Waals surface area contributed by atoms with E-state index in [1.807, 2.05) is 36.8 Å². The summed E-state index contributed by atoms with van der Waals surface area (Å²) in [5.41, 5.74) is -0.392. The molecule has 0 bridgehead atoms. The molecule has 2 aromatic carbocycles. The monoisotopic (exact) mass is 680 g/mol. The third-order valence-electron chi connectivity index (χ3n) is 6.02. The fourth-order valence-electron chi connectivity index (χ4n) is 3.79. The van der Waals surface area contributed by atoms with Crippen LogP contribution in [0.4, 0.5) is 0 Å². The van der Waals surface area contributed by atoms with Gasteiger partial charge in [0.1, 0.15) is 24.7 Å². The minimum atomic E-state index is -1.20. The number of aliphatic carboxylic acids is 2. The molecule has 252 valence electrons. The molecule has 0 fully saturated rings. The van der Waals surface area contributed by atoms with Gasteiger partial charge in [0.05, 0.1) is 39.3 Å². The Balaban J connectivity index is 2.18. The van der Waals surface area contributed by atoms with E-state index >= 15 is 0 Å². The molecular formula is C32H40O12S2. The van der Waals surface area contributed by atoms with Crippen LogP contribution in [0.1, 0.15) is 12.8 Å². The van der Waals surface area contributed by atoms with Gasteiger partial charge >= 0.3 is 23.9 Å². The van der Waals surface area contributed by atoms with Crippen LogP contribution in [0.15, 0.2) is 60.7 Å². The summed E-state index contributed by atoms with van der Waals surface area (Å²) < 4.78 is 34.3. The lowest BCUT2D eigenvalue weighted by Crippen LogP contribution is -2.31. The highest BCUT2D eigenvalue weighted by atomic mass is 32.2. The van der Waals surface area contributed by atoms with Crippen molar-refractivity contribution in [3.05, 3.63) is 60.7 Å². The maximum Gasteiger partial charge on any atom is 0.334 e. The fraction of sp³-hybridized carbons (Fsp3) is 0.438. The first-order valence-electron chi connectivity index (χ1n) is 14.2. The maximum atomic E-state index is 12.4. The second-order valence-electron chi connectivity index (χ2n) is 9.77. The number of esters is 2. The highest BCUT2D eigenvalue weighted by Crippen LogP contribution is 2.33. The van der Waals surface area contributed by atoms with Gasteiger partial charge in [0.15, 0.2) is 12.2 Å². The van der Waals surface area contributed by atoms with Gasteiger partial charge < -0.3 is 38.6 Å². The van der Waals surface area contributed by atoms with Gasteiger partial charge in [-0.25, -0.2) is 9.59 Å². The minimum Gasteiger partial charge on any atom is -0.489 e. The van der Waals surface area contributed by atoms with E-state index in [1.54, 1.807) is 35.7 Å². The summed E-state index contributed by atoms with van der Waals surface area (Å²) in [5.74, 6) is -1.70. The van der Waals surface area contributed by atoms with Gasteiger partial charge in [-0.1, -0.05) is 37.4 Å². The molecule has 2 rings (SSSR count). The summed E-state index contributed by atoms with van der Waals surface area (Å²) in [7, 11) is 0. The Morgan fingerprint density at radius 2 is 1.07 bits per heavy atom. The first-order valence-corrected chi connectivity index (χ1v) is 17.0. The van der Waals surface area contributed by atoms with Crippen molar-refractivity contribution in [2.75, 3.05) is 63.7 Å². The average Bonchev–Trinajstić information content (AvgIpc) is 3.01. The number of fused-ring (bicyclic) bond motifs is 1. The zero-order valence-corrected chi connectivity index (χ0v) is 27.5. The average molecular weight is 681 g/mol. The second kappa shape index (κ2) is 21.1. The van der Waals surface area contributed by atoms with Crippen LogP contribution in [0.3, 0.4) is 0 Å². The summed E-state index contributed by atoms with van der Waals surface area (Å²) in [4.78, 5) is 46.8. The molecule has 0 aromatic heterocycles. The summed E-state index contributed by atoms with van der Waals surface area (Å²) in [6, 6.07) is 10.6. The SMILES string of the molecule is C=C(CC(=O)O)C(=O)OC(COCCSC)COc1ccc(OCC(COCCSC)OC(=O)C(=C)CC(=O)O)c2ccccc12. The lowest BCUT2D eigenvalue weighted by Gasteiger charge is -2.21. The van der Waals surface area contributed by atoms with Gasteiger partial charge in [0.2, 0.25) is 0 Å². The lowest BCUT2D eigenvalue weighted by molar-refractivity contribution is -0.151. The molecule has 14 heteroatoms. The number of carboxylic acid groups (broad SMARTS) is 2. The van der Waals surface area contributed by atoms with E-state index in [0.29, 0.717) is 35.5 Å². The maximum absolute atomic E-state index is 12.4. The Labute approximate surface area is 276 Å². The van der Waals surface area contributed by atoms with Gasteiger partial charge in [-0.05, 0) is 24.6 Å². The molecular weight excluding hydrogens is 640 g/mol. The molecule has 0 spiro atoms. The van der Waals surface area contributed by atoms with Crippen LogP contribution >= 0.6 is 23.5 Å². The molecule has 2 atom stereocenters. The highest BCUT2D eigenvalue weighted by molar-refractivity contribution is 7.98. The van der Waals surface area contributed by atoms with E-state index in [0.717, 1.165) is 11.5 Å². The first-order chi connectivity index (χ1) is 22.0. The predicted octanol–water partition coefficient (Wildman–Crippen LogP) is 4.24. The zero-order chi connectivity index (χ0) is 33.9. The fourth-order valence-corrected chi connectivity index (χ4v) is 4.36. The van der Waals surface area contributed by atoms with E-state index in [4.69, 9.17) is 38.6 Å². The molecule has 2 N–H and O–H groups in total. The third-order valence-corrected chi connectivity index (χ3v) is 7.17. The minimum absolute atomic E-state index is 0.0315. The molecule has 46 heavy (non-hydrogen) atoms. The van der Waals surface area contributed by atoms with Crippen LogP contribution in [0.25, 0.3) is 10.8 Å². The van der Waals surface area contributed by atoms with Crippen molar-refractivity contribution < 1.29 is 57.8 Å². The molecule has 2 aromatic rings. The molecule has 12 nitrogen and oxygen atoms in total. The summed E-state index contributed by atoms with van der Waals surface area (Å²) in [5, 5.41) is 19.3. The van der Waals surface area contributed by atoms with Crippen molar-refractivity contribution in [3.63, 3.8) is 0 Å². The number of ether oxygens (including phenoxy) is 6. The number of rotatable bonds is 24. The van der Waals surface area contributed by atoms with Crippen molar-refractivity contribution >= 4 is 58.2 Å². The van der Waals surface area contributed by atoms with E-state index in [1.165, 1.54) is 0 Å². The normalized spacial score (nSPS) is 12.1. The number of benzene rings is 2. The number of carbonyl (C=O) groups is 4. The van der Waals surface area contributed by atoms with Crippen molar-refractivity contribution in [1.82, 2.24) is 0 Å². The standard InChI is InChI=1S/C32H40O12S2/c1-21(15-29(33)34)31(37)43-23(17-39-11-13-45-3)19-41-27-9-10-28(26-8-6-5-7-25(26)27)42-20-24(18-40-12-14-46-4)44-32(38)22(2)16-30(35)36/h5-10,23-24H,1-2,11-20H2,3-4H3,(H,33,34)(H,35,36). The van der Waals surface area contributed by atoms with Crippen LogP contribution in [-0.4, -0.2) is 110 Å². The van der Waals surface area contributed by atoms with E-state index in [-0.39, 0.29) is 37.6 Å². The Bertz CT molecular complexity index is 1250. The van der Waals surface area contributed by atoms with E-state index < -0.39 is 48.9 Å². The van der Waals surface area contributed by atoms with Crippen LogP contribution in [0.2, 0.25) is 0 Å². The third kappa shape index (κ3) is 14.1. The number of thioether (sulfide) groups is 2. The van der Waals surface area contributed by atoms with Crippen LogP contribution in [-0.2, 0) is 38.1 Å². The zero-order valence-electron chi connectivity index (χ0n) is 25.9. The molecule has 2 unspecified atom stereocenters. The van der Waals surface area contributed by atoms with Crippen molar-refractivity contribution in [2.45, 2.75) is 25.0 Å². The van der Waals surface area contributed by atoms with Gasteiger partial charge in [-0.15, -0.1) is 0 Å². The molecule has 0 aliphatic heterocycles. The number of carbonyl (C=O) groups excluding carboxylic acids is 2. The molecule has 0 heterocycles. The summed E-state index contributed by atoms with van der Waals surface area (Å²) in [6.07, 6.45) is 1.09. The lowest BCUT2D eigenvalue weighted by atomic mass is 10.1. The topological polar surface area (TPSA) is 164 Å². The highest BCUT2D eigenvalue weighted by Gasteiger charge is 2.22. The molecule has 0 aliphatic rings. The van der Waals surface area contributed by atoms with Crippen LogP contribution in [0, 0.1) is 0 Å². The first kappa shape index (κ1) is 38.5. The van der Waals surface area contributed by atoms with E-state index in [9.17, 15) is 19.2 Å². The quantitative estimate of drug-likeness (QED) is 0.0919. The van der Waals surface area contributed by atoms with Crippen LogP contribution < -0.4 is 9.47 Å². The van der Waals surface area contributed by atoms with Crippen LogP contribution in [0.5, 0.6) is 11.5 Å². The molecule has 0 amide bonds. The second-order valence-corrected chi connectivity index (χ2v) is 11.7. The Morgan fingerprint density at radius 1 is 0.674 bits per heavy atom. The Kier molecular flexibility index (Phi) is 17.7. The van der Waals surface area contributed by atoms with Gasteiger partial charge in [-0.2, -0.15) is 23.5 Å². The molecule has 0 aliphatic carbocycles. The Hall–Kier alpha value is -3.72. The van der Waals surface area contributed by atoms with Gasteiger partial charge in [-0.3, -0.25) is 9.59 Å². The van der Waals surface area contributed by atoms with Crippen molar-refractivity contribution in [3.8, 4) is 11.5 Å². The van der Waals surface area contributed by atoms with Crippen molar-refractivity contribution in [2.24, 2.45) is 0 Å². The number of hydrogen-bond acceptors (Lipinski definition) is 12. The van der Waals surface area contributed by atoms with Gasteiger partial charge in [0, 0.05) is 33.4 Å².